The molecule has 2 rings (SSSR count). The largest absolute Gasteiger partial charge is 0.513 e. The summed E-state index contributed by atoms with van der Waals surface area (Å²) in [7, 11) is 1.19. The van der Waals surface area contributed by atoms with Crippen LogP contribution in [0.1, 0.15) is 47.2 Å². The van der Waals surface area contributed by atoms with Crippen LogP contribution in [-0.2, 0) is 19.0 Å². The molecule has 32 heavy (non-hydrogen) atoms. The second-order valence-corrected chi connectivity index (χ2v) is 9.22. The van der Waals surface area contributed by atoms with Gasteiger partial charge < -0.3 is 14.2 Å². The second-order valence-electron chi connectivity index (χ2n) is 8.37. The van der Waals surface area contributed by atoms with Crippen LogP contribution in [0.5, 0.6) is 0 Å². The zero-order valence-corrected chi connectivity index (χ0v) is 20.8. The van der Waals surface area contributed by atoms with Gasteiger partial charge in [-0.05, 0) is 64.3 Å². The first kappa shape index (κ1) is 25.8. The van der Waals surface area contributed by atoms with Crippen LogP contribution in [0.25, 0.3) is 5.57 Å². The summed E-state index contributed by atoms with van der Waals surface area (Å²) in [6, 6.07) is 1.62. The highest BCUT2D eigenvalue weighted by Gasteiger charge is 2.49. The van der Waals surface area contributed by atoms with Crippen molar-refractivity contribution in [1.82, 2.24) is 4.98 Å². The molecule has 8 heteroatoms. The standard InChI is InChI=1S/C24H27Cl2NO5/c1-13(9-10-14(2)19-17(26)11-16(25)12-27-19)15(3)18-20(28)23(4,5)32-24(6,7)21(18)31-22(29)30-8/h9-12H,3H2,1-2,4-8H3/b13-9-,14-10+. The van der Waals surface area contributed by atoms with Crippen LogP contribution in [0.15, 0.2) is 53.5 Å². The van der Waals surface area contributed by atoms with Crippen LogP contribution in [0.2, 0.25) is 10.0 Å². The Kier molecular flexibility index (Phi) is 7.76. The van der Waals surface area contributed by atoms with Gasteiger partial charge in [0.15, 0.2) is 11.5 Å². The van der Waals surface area contributed by atoms with Crippen molar-refractivity contribution in [1.29, 1.82) is 0 Å². The molecule has 0 spiro atoms. The number of carbonyl (C=O) groups is 2. The van der Waals surface area contributed by atoms with E-state index in [4.69, 9.17) is 32.7 Å². The minimum absolute atomic E-state index is 0.0505. The molecule has 2 heterocycles. The molecule has 1 aliphatic rings. The zero-order valence-electron chi connectivity index (χ0n) is 19.3. The normalized spacial score (nSPS) is 18.5. The van der Waals surface area contributed by atoms with Crippen LogP contribution in [0.3, 0.4) is 0 Å². The highest BCUT2D eigenvalue weighted by atomic mass is 35.5. The molecule has 172 valence electrons. The molecule has 0 aliphatic carbocycles. The lowest BCUT2D eigenvalue weighted by Crippen LogP contribution is -2.51. The van der Waals surface area contributed by atoms with Crippen LogP contribution < -0.4 is 0 Å². The lowest BCUT2D eigenvalue weighted by atomic mass is 9.81. The molecule has 1 aromatic rings. The molecule has 0 atom stereocenters. The molecular weight excluding hydrogens is 453 g/mol. The third-order valence-corrected chi connectivity index (χ3v) is 5.45. The summed E-state index contributed by atoms with van der Waals surface area (Å²) >= 11 is 12.1. The van der Waals surface area contributed by atoms with Gasteiger partial charge >= 0.3 is 6.16 Å². The number of Topliss-reactive ketones (excluding diaryl/α,β-unsaturated/α-hetero) is 1. The summed E-state index contributed by atoms with van der Waals surface area (Å²) in [5, 5.41) is 0.871. The second kappa shape index (κ2) is 9.61. The molecule has 0 amide bonds. The number of halogens is 2. The van der Waals surface area contributed by atoms with E-state index in [1.165, 1.54) is 13.3 Å². The van der Waals surface area contributed by atoms with E-state index in [0.29, 0.717) is 26.9 Å². The Bertz CT molecular complexity index is 1060. The fourth-order valence-electron chi connectivity index (χ4n) is 3.34. The Hall–Kier alpha value is -2.41. The van der Waals surface area contributed by atoms with Gasteiger partial charge in [-0.15, -0.1) is 0 Å². The number of pyridine rings is 1. The molecule has 0 unspecified atom stereocenters. The van der Waals surface area contributed by atoms with E-state index < -0.39 is 17.4 Å². The maximum atomic E-state index is 13.2. The third-order valence-electron chi connectivity index (χ3n) is 4.95. The van der Waals surface area contributed by atoms with Gasteiger partial charge in [0.25, 0.3) is 0 Å². The van der Waals surface area contributed by atoms with E-state index in [0.717, 1.165) is 5.57 Å². The number of carbonyl (C=O) groups excluding carboxylic acids is 2. The molecule has 0 fully saturated rings. The van der Waals surface area contributed by atoms with Crippen molar-refractivity contribution in [2.75, 3.05) is 7.11 Å². The lowest BCUT2D eigenvalue weighted by molar-refractivity contribution is -0.162. The van der Waals surface area contributed by atoms with Crippen molar-refractivity contribution >= 4 is 40.7 Å². The Morgan fingerprint density at radius 2 is 1.78 bits per heavy atom. The first-order valence-electron chi connectivity index (χ1n) is 9.83. The number of ether oxygens (including phenoxy) is 3. The van der Waals surface area contributed by atoms with Crippen molar-refractivity contribution in [3.05, 3.63) is 69.2 Å². The monoisotopic (exact) mass is 479 g/mol. The number of nitrogens with zero attached hydrogens (tertiary/aromatic N) is 1. The zero-order chi connectivity index (χ0) is 24.4. The summed E-state index contributed by atoms with van der Waals surface area (Å²) in [5.74, 6) is -0.300. The number of allylic oxidation sites excluding steroid dienone is 5. The summed E-state index contributed by atoms with van der Waals surface area (Å²) in [6.07, 6.45) is 4.16. The Balaban J connectivity index is 2.53. The molecule has 1 aromatic heterocycles. The van der Waals surface area contributed by atoms with E-state index in [1.807, 2.05) is 13.0 Å². The Morgan fingerprint density at radius 3 is 2.34 bits per heavy atom. The maximum Gasteiger partial charge on any atom is 0.513 e. The average molecular weight is 480 g/mol. The average Bonchev–Trinajstić information content (AvgIpc) is 2.69. The fraction of sp³-hybridized carbons (Fsp3) is 0.375. The van der Waals surface area contributed by atoms with Gasteiger partial charge in [-0.25, -0.2) is 4.79 Å². The predicted molar refractivity (Wildman–Crippen MR) is 126 cm³/mol. The maximum absolute atomic E-state index is 13.2. The topological polar surface area (TPSA) is 74.7 Å². The number of aromatic nitrogens is 1. The van der Waals surface area contributed by atoms with E-state index >= 15 is 0 Å². The van der Waals surface area contributed by atoms with Crippen molar-refractivity contribution in [3.63, 3.8) is 0 Å². The van der Waals surface area contributed by atoms with E-state index in [2.05, 4.69) is 16.3 Å². The molecule has 1 aliphatic heterocycles. The SMILES string of the molecule is C=C(C1=C(OC(=O)OC)C(C)(C)OC(C)(C)C1=O)/C(C)=C\C=C(/C)c1ncc(Cl)cc1Cl. The van der Waals surface area contributed by atoms with Crippen molar-refractivity contribution < 1.29 is 23.8 Å². The molecule has 0 aromatic carbocycles. The summed E-state index contributed by atoms with van der Waals surface area (Å²) in [6.45, 7) is 14.5. The highest BCUT2D eigenvalue weighted by Crippen LogP contribution is 2.41. The number of methoxy groups -OCH3 is 1. The van der Waals surface area contributed by atoms with E-state index in [1.54, 1.807) is 46.8 Å². The quantitative estimate of drug-likeness (QED) is 0.354. The van der Waals surface area contributed by atoms with Crippen molar-refractivity contribution in [2.24, 2.45) is 0 Å². The van der Waals surface area contributed by atoms with Gasteiger partial charge in [-0.3, -0.25) is 9.78 Å². The number of hydrogen-bond acceptors (Lipinski definition) is 6. The van der Waals surface area contributed by atoms with Crippen molar-refractivity contribution in [3.8, 4) is 0 Å². The smallest absolute Gasteiger partial charge is 0.437 e. The van der Waals surface area contributed by atoms with Crippen molar-refractivity contribution in [2.45, 2.75) is 52.7 Å². The first-order chi connectivity index (χ1) is 14.7. The minimum Gasteiger partial charge on any atom is -0.437 e. The third kappa shape index (κ3) is 5.49. The van der Waals surface area contributed by atoms with Gasteiger partial charge in [0, 0.05) is 6.20 Å². The number of hydrogen-bond donors (Lipinski definition) is 0. The summed E-state index contributed by atoms with van der Waals surface area (Å²) < 4.78 is 15.9. The fourth-order valence-corrected chi connectivity index (χ4v) is 3.87. The minimum atomic E-state index is -1.14. The van der Waals surface area contributed by atoms with E-state index in [-0.39, 0.29) is 17.1 Å². The van der Waals surface area contributed by atoms with Gasteiger partial charge in [-0.2, -0.15) is 0 Å². The molecule has 0 bridgehead atoms. The number of rotatable bonds is 5. The Labute approximate surface area is 198 Å². The number of ketones is 1. The van der Waals surface area contributed by atoms with E-state index in [9.17, 15) is 9.59 Å². The molecule has 0 radical (unpaired) electrons. The highest BCUT2D eigenvalue weighted by molar-refractivity contribution is 6.35. The van der Waals surface area contributed by atoms with Crippen LogP contribution >= 0.6 is 23.2 Å². The molecular formula is C24H27Cl2NO5. The molecule has 0 N–H and O–H groups in total. The molecule has 0 saturated carbocycles. The summed E-state index contributed by atoms with van der Waals surface area (Å²) in [5.41, 5.74) is 0.421. The Morgan fingerprint density at radius 1 is 1.16 bits per heavy atom. The van der Waals surface area contributed by atoms with Crippen LogP contribution in [0, 0.1) is 0 Å². The predicted octanol–water partition coefficient (Wildman–Crippen LogP) is 6.49. The first-order valence-corrected chi connectivity index (χ1v) is 10.6. The summed E-state index contributed by atoms with van der Waals surface area (Å²) in [4.78, 5) is 29.4. The lowest BCUT2D eigenvalue weighted by Gasteiger charge is -2.42. The van der Waals surface area contributed by atoms with Crippen LogP contribution in [-0.4, -0.2) is 35.2 Å². The van der Waals surface area contributed by atoms with Crippen LogP contribution in [0.4, 0.5) is 4.79 Å². The molecule has 0 saturated heterocycles. The van der Waals surface area contributed by atoms with Gasteiger partial charge in [0.1, 0.15) is 11.2 Å². The van der Waals surface area contributed by atoms with Gasteiger partial charge in [0.05, 0.1) is 28.4 Å². The molecule has 6 nitrogen and oxygen atoms in total. The van der Waals surface area contributed by atoms with Gasteiger partial charge in [-0.1, -0.05) is 41.9 Å². The van der Waals surface area contributed by atoms with Gasteiger partial charge in [0.2, 0.25) is 0 Å².